The van der Waals surface area contributed by atoms with Gasteiger partial charge in [-0.25, -0.2) is 8.78 Å². The Labute approximate surface area is 160 Å². The third kappa shape index (κ3) is 4.48. The van der Waals surface area contributed by atoms with Crippen molar-refractivity contribution in [3.63, 3.8) is 0 Å². The molecule has 0 fully saturated rings. The van der Waals surface area contributed by atoms with E-state index in [1.165, 1.54) is 30.3 Å². The summed E-state index contributed by atoms with van der Waals surface area (Å²) in [6.07, 6.45) is 2.36. The summed E-state index contributed by atoms with van der Waals surface area (Å²) in [6, 6.07) is 15.8. The SMILES string of the molecule is Nc1ccccc1NC(=O)c1ccc(C(=O)/C=C/c2cc(F)ccc2F)cc1. The Morgan fingerprint density at radius 1 is 0.893 bits per heavy atom. The lowest BCUT2D eigenvalue weighted by Gasteiger charge is -2.08. The molecule has 1 amide bonds. The van der Waals surface area contributed by atoms with E-state index < -0.39 is 17.4 Å². The maximum atomic E-state index is 13.6. The fraction of sp³-hybridized carbons (Fsp3) is 0. The highest BCUT2D eigenvalue weighted by Gasteiger charge is 2.09. The first kappa shape index (κ1) is 19.0. The fourth-order valence-electron chi connectivity index (χ4n) is 2.50. The van der Waals surface area contributed by atoms with E-state index in [9.17, 15) is 18.4 Å². The molecule has 0 heterocycles. The number of anilines is 2. The molecule has 3 rings (SSSR count). The summed E-state index contributed by atoms with van der Waals surface area (Å²) in [7, 11) is 0. The van der Waals surface area contributed by atoms with Crippen LogP contribution in [0.15, 0.2) is 72.8 Å². The van der Waals surface area contributed by atoms with E-state index in [1.807, 2.05) is 0 Å². The van der Waals surface area contributed by atoms with E-state index >= 15 is 0 Å². The predicted molar refractivity (Wildman–Crippen MR) is 105 cm³/mol. The van der Waals surface area contributed by atoms with Gasteiger partial charge in [-0.15, -0.1) is 0 Å². The Morgan fingerprint density at radius 3 is 2.29 bits per heavy atom. The lowest BCUT2D eigenvalue weighted by molar-refractivity contribution is 0.102. The molecule has 0 aliphatic heterocycles. The molecule has 3 aromatic carbocycles. The molecule has 0 aliphatic rings. The van der Waals surface area contributed by atoms with Crippen molar-refractivity contribution >= 4 is 29.1 Å². The van der Waals surface area contributed by atoms with E-state index in [4.69, 9.17) is 5.73 Å². The van der Waals surface area contributed by atoms with Gasteiger partial charge in [-0.3, -0.25) is 9.59 Å². The standard InChI is InChI=1S/C22H16F2N2O2/c23-17-10-11-18(24)16(13-17)9-12-21(27)14-5-7-15(8-6-14)22(28)26-20-4-2-1-3-19(20)25/h1-13H,25H2,(H,26,28)/b12-9+. The lowest BCUT2D eigenvalue weighted by Crippen LogP contribution is -2.13. The summed E-state index contributed by atoms with van der Waals surface area (Å²) in [5.41, 5.74) is 7.36. The van der Waals surface area contributed by atoms with Gasteiger partial charge < -0.3 is 11.1 Å². The van der Waals surface area contributed by atoms with E-state index in [0.717, 1.165) is 24.3 Å². The summed E-state index contributed by atoms with van der Waals surface area (Å²) in [6.45, 7) is 0. The van der Waals surface area contributed by atoms with E-state index in [1.54, 1.807) is 24.3 Å². The maximum absolute atomic E-state index is 13.6. The second-order valence-corrected chi connectivity index (χ2v) is 5.98. The molecule has 0 atom stereocenters. The highest BCUT2D eigenvalue weighted by atomic mass is 19.1. The lowest BCUT2D eigenvalue weighted by atomic mass is 10.1. The number of nitrogens with one attached hydrogen (secondary N) is 1. The number of amides is 1. The summed E-state index contributed by atoms with van der Waals surface area (Å²) in [5, 5.41) is 2.69. The molecule has 0 radical (unpaired) electrons. The minimum absolute atomic E-state index is 0.0233. The van der Waals surface area contributed by atoms with Gasteiger partial charge in [-0.05, 0) is 54.6 Å². The van der Waals surface area contributed by atoms with Gasteiger partial charge in [0.2, 0.25) is 0 Å². The van der Waals surface area contributed by atoms with Crippen LogP contribution in [-0.4, -0.2) is 11.7 Å². The van der Waals surface area contributed by atoms with Gasteiger partial charge in [0.05, 0.1) is 11.4 Å². The maximum Gasteiger partial charge on any atom is 0.255 e. The first-order chi connectivity index (χ1) is 13.4. The van der Waals surface area contributed by atoms with Crippen LogP contribution in [0.1, 0.15) is 26.3 Å². The average molecular weight is 378 g/mol. The molecule has 0 unspecified atom stereocenters. The molecular formula is C22H16F2N2O2. The summed E-state index contributed by atoms with van der Waals surface area (Å²) in [5.74, 6) is -1.99. The predicted octanol–water partition coefficient (Wildman–Crippen LogP) is 4.70. The fourth-order valence-corrected chi connectivity index (χ4v) is 2.50. The minimum Gasteiger partial charge on any atom is -0.397 e. The number of hydrogen-bond donors (Lipinski definition) is 2. The van der Waals surface area contributed by atoms with Gasteiger partial charge in [0, 0.05) is 16.7 Å². The normalized spacial score (nSPS) is 10.8. The molecule has 3 N–H and O–H groups in total. The van der Waals surface area contributed by atoms with Crippen molar-refractivity contribution in [1.82, 2.24) is 0 Å². The monoisotopic (exact) mass is 378 g/mol. The molecule has 0 saturated carbocycles. The van der Waals surface area contributed by atoms with Gasteiger partial charge in [0.1, 0.15) is 11.6 Å². The summed E-state index contributed by atoms with van der Waals surface area (Å²) >= 11 is 0. The zero-order valence-electron chi connectivity index (χ0n) is 14.7. The number of para-hydroxylation sites is 2. The number of hydrogen-bond acceptors (Lipinski definition) is 3. The third-order valence-corrected chi connectivity index (χ3v) is 4.01. The van der Waals surface area contributed by atoms with Crippen LogP contribution < -0.4 is 11.1 Å². The molecule has 6 heteroatoms. The molecule has 140 valence electrons. The smallest absolute Gasteiger partial charge is 0.255 e. The van der Waals surface area contributed by atoms with Crippen LogP contribution in [0.4, 0.5) is 20.2 Å². The molecule has 0 aromatic heterocycles. The van der Waals surface area contributed by atoms with Crippen molar-refractivity contribution in [2.45, 2.75) is 0 Å². The van der Waals surface area contributed by atoms with E-state index in [2.05, 4.69) is 5.32 Å². The van der Waals surface area contributed by atoms with Crippen molar-refractivity contribution in [1.29, 1.82) is 0 Å². The van der Waals surface area contributed by atoms with Crippen LogP contribution in [0.25, 0.3) is 6.08 Å². The van der Waals surface area contributed by atoms with Gasteiger partial charge in [0.15, 0.2) is 5.78 Å². The number of benzene rings is 3. The number of nitrogen functional groups attached to an aromatic ring is 1. The highest BCUT2D eigenvalue weighted by Crippen LogP contribution is 2.18. The quantitative estimate of drug-likeness (QED) is 0.384. The first-order valence-electron chi connectivity index (χ1n) is 8.37. The zero-order chi connectivity index (χ0) is 20.1. The average Bonchev–Trinajstić information content (AvgIpc) is 2.70. The van der Waals surface area contributed by atoms with Crippen molar-refractivity contribution in [3.8, 4) is 0 Å². The Bertz CT molecular complexity index is 1060. The Kier molecular flexibility index (Phi) is 5.60. The number of allylic oxidation sites excluding steroid dienone is 1. The van der Waals surface area contributed by atoms with E-state index in [0.29, 0.717) is 22.5 Å². The molecule has 0 bridgehead atoms. The Morgan fingerprint density at radius 2 is 1.57 bits per heavy atom. The molecule has 4 nitrogen and oxygen atoms in total. The molecule has 0 saturated heterocycles. The van der Waals surface area contributed by atoms with Crippen molar-refractivity contribution in [3.05, 3.63) is 101 Å². The molecular weight excluding hydrogens is 362 g/mol. The second kappa shape index (κ2) is 8.26. The number of rotatable bonds is 5. The Hall–Kier alpha value is -3.80. The summed E-state index contributed by atoms with van der Waals surface area (Å²) in [4.78, 5) is 24.5. The van der Waals surface area contributed by atoms with Crippen molar-refractivity contribution in [2.75, 3.05) is 11.1 Å². The molecule has 0 spiro atoms. The number of ketones is 1. The van der Waals surface area contributed by atoms with Gasteiger partial charge in [-0.1, -0.05) is 24.3 Å². The van der Waals surface area contributed by atoms with Crippen LogP contribution in [-0.2, 0) is 0 Å². The second-order valence-electron chi connectivity index (χ2n) is 5.98. The van der Waals surface area contributed by atoms with Crippen LogP contribution in [0.3, 0.4) is 0 Å². The van der Waals surface area contributed by atoms with E-state index in [-0.39, 0.29) is 11.5 Å². The number of carbonyl (C=O) groups excluding carboxylic acids is 2. The number of carbonyl (C=O) groups is 2. The van der Waals surface area contributed by atoms with Gasteiger partial charge >= 0.3 is 0 Å². The zero-order valence-corrected chi connectivity index (χ0v) is 14.7. The minimum atomic E-state index is -0.627. The van der Waals surface area contributed by atoms with Crippen LogP contribution >= 0.6 is 0 Å². The van der Waals surface area contributed by atoms with Crippen LogP contribution in [0.5, 0.6) is 0 Å². The summed E-state index contributed by atoms with van der Waals surface area (Å²) < 4.78 is 26.8. The largest absolute Gasteiger partial charge is 0.397 e. The molecule has 0 aliphatic carbocycles. The van der Waals surface area contributed by atoms with Gasteiger partial charge in [0.25, 0.3) is 5.91 Å². The van der Waals surface area contributed by atoms with Crippen LogP contribution in [0, 0.1) is 11.6 Å². The highest BCUT2D eigenvalue weighted by molar-refractivity contribution is 6.09. The Balaban J connectivity index is 1.70. The van der Waals surface area contributed by atoms with Crippen LogP contribution in [0.2, 0.25) is 0 Å². The number of nitrogens with two attached hydrogens (primary N) is 1. The molecule has 28 heavy (non-hydrogen) atoms. The topological polar surface area (TPSA) is 72.2 Å². The molecule has 3 aromatic rings. The first-order valence-corrected chi connectivity index (χ1v) is 8.37. The van der Waals surface area contributed by atoms with Crippen molar-refractivity contribution < 1.29 is 18.4 Å². The van der Waals surface area contributed by atoms with Crippen molar-refractivity contribution in [2.24, 2.45) is 0 Å². The number of halogens is 2. The third-order valence-electron chi connectivity index (χ3n) is 4.01. The van der Waals surface area contributed by atoms with Gasteiger partial charge in [-0.2, -0.15) is 0 Å².